The number of pyridine rings is 1. The molecular weight excluding hydrogens is 374 g/mol. The first kappa shape index (κ1) is 20.4. The first-order valence-electron chi connectivity index (χ1n) is 9.79. The van der Waals surface area contributed by atoms with E-state index in [0.717, 1.165) is 68.2 Å². The number of aliphatic imine (C=N–C) groups is 1. The molecular formula is C21H28ClN5O. The molecule has 6 nitrogen and oxygen atoms in total. The molecule has 1 aliphatic rings. The summed E-state index contributed by atoms with van der Waals surface area (Å²) in [4.78, 5) is 11.6. The van der Waals surface area contributed by atoms with E-state index < -0.39 is 0 Å². The van der Waals surface area contributed by atoms with Gasteiger partial charge in [-0.2, -0.15) is 0 Å². The van der Waals surface area contributed by atoms with Crippen LogP contribution in [0.1, 0.15) is 18.1 Å². The SMILES string of the molecule is CCNC(=NCc1cccnc1N1CCOCC1)NCCc1cccc(Cl)c1. The van der Waals surface area contributed by atoms with Crippen LogP contribution >= 0.6 is 11.6 Å². The second-order valence-corrected chi connectivity index (χ2v) is 7.02. The second kappa shape index (κ2) is 10.9. The molecule has 2 N–H and O–H groups in total. The van der Waals surface area contributed by atoms with Crippen molar-refractivity contribution in [3.05, 3.63) is 58.7 Å². The summed E-state index contributed by atoms with van der Waals surface area (Å²) in [7, 11) is 0. The molecule has 0 saturated carbocycles. The van der Waals surface area contributed by atoms with Gasteiger partial charge < -0.3 is 20.3 Å². The maximum atomic E-state index is 6.06. The number of hydrogen-bond acceptors (Lipinski definition) is 4. The van der Waals surface area contributed by atoms with Crippen LogP contribution in [0.2, 0.25) is 5.02 Å². The van der Waals surface area contributed by atoms with Crippen molar-refractivity contribution in [2.24, 2.45) is 4.99 Å². The van der Waals surface area contributed by atoms with Crippen LogP contribution in [-0.4, -0.2) is 50.3 Å². The van der Waals surface area contributed by atoms with Crippen LogP contribution in [0, 0.1) is 0 Å². The van der Waals surface area contributed by atoms with Gasteiger partial charge in [0.05, 0.1) is 19.8 Å². The number of guanidine groups is 1. The summed E-state index contributed by atoms with van der Waals surface area (Å²) in [6, 6.07) is 12.0. The summed E-state index contributed by atoms with van der Waals surface area (Å²) in [6.07, 6.45) is 2.73. The Morgan fingerprint density at radius 3 is 2.86 bits per heavy atom. The summed E-state index contributed by atoms with van der Waals surface area (Å²) in [6.45, 7) is 7.46. The molecule has 150 valence electrons. The Kier molecular flexibility index (Phi) is 7.94. The number of nitrogens with one attached hydrogen (secondary N) is 2. The molecule has 1 saturated heterocycles. The number of aromatic nitrogens is 1. The van der Waals surface area contributed by atoms with E-state index in [9.17, 15) is 0 Å². The van der Waals surface area contributed by atoms with Crippen molar-refractivity contribution in [1.82, 2.24) is 15.6 Å². The Bertz CT molecular complexity index is 777. The lowest BCUT2D eigenvalue weighted by molar-refractivity contribution is 0.122. The highest BCUT2D eigenvalue weighted by atomic mass is 35.5. The average molecular weight is 402 g/mol. The van der Waals surface area contributed by atoms with Crippen LogP contribution in [0.25, 0.3) is 0 Å². The number of halogens is 1. The van der Waals surface area contributed by atoms with Crippen molar-refractivity contribution in [2.45, 2.75) is 19.9 Å². The van der Waals surface area contributed by atoms with Gasteiger partial charge in [-0.3, -0.25) is 0 Å². The zero-order chi connectivity index (χ0) is 19.6. The minimum Gasteiger partial charge on any atom is -0.378 e. The lowest BCUT2D eigenvalue weighted by Crippen LogP contribution is -2.38. The van der Waals surface area contributed by atoms with Crippen LogP contribution in [0.3, 0.4) is 0 Å². The van der Waals surface area contributed by atoms with E-state index in [4.69, 9.17) is 21.3 Å². The number of morpholine rings is 1. The van der Waals surface area contributed by atoms with Crippen molar-refractivity contribution in [3.63, 3.8) is 0 Å². The predicted octanol–water partition coefficient (Wildman–Crippen LogP) is 2.87. The molecule has 28 heavy (non-hydrogen) atoms. The zero-order valence-corrected chi connectivity index (χ0v) is 17.1. The fourth-order valence-electron chi connectivity index (χ4n) is 3.14. The van der Waals surface area contributed by atoms with Gasteiger partial charge in [0.25, 0.3) is 0 Å². The molecule has 1 aromatic heterocycles. The number of benzene rings is 1. The average Bonchev–Trinajstić information content (AvgIpc) is 2.73. The van der Waals surface area contributed by atoms with Gasteiger partial charge in [-0.05, 0) is 37.1 Å². The maximum Gasteiger partial charge on any atom is 0.191 e. The number of anilines is 1. The molecule has 2 aromatic rings. The summed E-state index contributed by atoms with van der Waals surface area (Å²) in [5, 5.41) is 7.48. The van der Waals surface area contributed by atoms with E-state index in [0.29, 0.717) is 6.54 Å². The molecule has 0 atom stereocenters. The zero-order valence-electron chi connectivity index (χ0n) is 16.3. The van der Waals surface area contributed by atoms with E-state index in [1.807, 2.05) is 30.5 Å². The van der Waals surface area contributed by atoms with Crippen molar-refractivity contribution >= 4 is 23.4 Å². The summed E-state index contributed by atoms with van der Waals surface area (Å²) >= 11 is 6.06. The van der Waals surface area contributed by atoms with Gasteiger partial charge >= 0.3 is 0 Å². The van der Waals surface area contributed by atoms with Crippen molar-refractivity contribution in [2.75, 3.05) is 44.3 Å². The smallest absolute Gasteiger partial charge is 0.191 e. The number of hydrogen-bond donors (Lipinski definition) is 2. The van der Waals surface area contributed by atoms with E-state index in [-0.39, 0.29) is 0 Å². The first-order valence-corrected chi connectivity index (χ1v) is 10.2. The Morgan fingerprint density at radius 1 is 1.21 bits per heavy atom. The molecule has 0 amide bonds. The van der Waals surface area contributed by atoms with E-state index in [2.05, 4.69) is 39.6 Å². The van der Waals surface area contributed by atoms with Gasteiger partial charge in [0.15, 0.2) is 5.96 Å². The summed E-state index contributed by atoms with van der Waals surface area (Å²) < 4.78 is 5.45. The molecule has 0 radical (unpaired) electrons. The summed E-state index contributed by atoms with van der Waals surface area (Å²) in [5.74, 6) is 1.81. The monoisotopic (exact) mass is 401 g/mol. The van der Waals surface area contributed by atoms with Crippen LogP contribution in [-0.2, 0) is 17.7 Å². The molecule has 0 spiro atoms. The molecule has 1 aliphatic heterocycles. The topological polar surface area (TPSA) is 61.8 Å². The van der Waals surface area contributed by atoms with E-state index in [1.54, 1.807) is 0 Å². The van der Waals surface area contributed by atoms with Crippen LogP contribution in [0.15, 0.2) is 47.6 Å². The van der Waals surface area contributed by atoms with Gasteiger partial charge in [0.2, 0.25) is 0 Å². The van der Waals surface area contributed by atoms with Crippen molar-refractivity contribution in [3.8, 4) is 0 Å². The van der Waals surface area contributed by atoms with E-state index >= 15 is 0 Å². The van der Waals surface area contributed by atoms with Gasteiger partial charge in [0.1, 0.15) is 5.82 Å². The highest BCUT2D eigenvalue weighted by molar-refractivity contribution is 6.30. The van der Waals surface area contributed by atoms with Crippen LogP contribution in [0.4, 0.5) is 5.82 Å². The number of rotatable bonds is 7. The highest BCUT2D eigenvalue weighted by Gasteiger charge is 2.15. The van der Waals surface area contributed by atoms with Gasteiger partial charge in [-0.15, -0.1) is 0 Å². The molecule has 0 unspecified atom stereocenters. The standard InChI is InChI=1S/C21H28ClN5O/c1-2-23-21(25-10-8-17-5-3-7-19(22)15-17)26-16-18-6-4-9-24-20(18)27-11-13-28-14-12-27/h3-7,9,15H,2,8,10-14,16H2,1H3,(H2,23,25,26). The fraction of sp³-hybridized carbons (Fsp3) is 0.429. The lowest BCUT2D eigenvalue weighted by Gasteiger charge is -2.29. The minimum absolute atomic E-state index is 0.576. The summed E-state index contributed by atoms with van der Waals surface area (Å²) in [5.41, 5.74) is 2.33. The van der Waals surface area contributed by atoms with E-state index in [1.165, 1.54) is 5.56 Å². The van der Waals surface area contributed by atoms with Gasteiger partial charge in [-0.1, -0.05) is 29.8 Å². The second-order valence-electron chi connectivity index (χ2n) is 6.59. The lowest BCUT2D eigenvalue weighted by atomic mass is 10.1. The fourth-order valence-corrected chi connectivity index (χ4v) is 3.35. The Balaban J connectivity index is 1.61. The third-order valence-electron chi connectivity index (χ3n) is 4.53. The molecule has 0 bridgehead atoms. The third-order valence-corrected chi connectivity index (χ3v) is 4.76. The van der Waals surface area contributed by atoms with Gasteiger partial charge in [-0.25, -0.2) is 9.98 Å². The number of ether oxygens (including phenoxy) is 1. The normalized spacial score (nSPS) is 14.8. The quantitative estimate of drug-likeness (QED) is 0.551. The Hall–Kier alpha value is -2.31. The largest absolute Gasteiger partial charge is 0.378 e. The Morgan fingerprint density at radius 2 is 2.07 bits per heavy atom. The number of nitrogens with zero attached hydrogens (tertiary/aromatic N) is 3. The molecule has 1 fully saturated rings. The highest BCUT2D eigenvalue weighted by Crippen LogP contribution is 2.19. The van der Waals surface area contributed by atoms with Crippen LogP contribution < -0.4 is 15.5 Å². The molecule has 7 heteroatoms. The molecule has 3 rings (SSSR count). The minimum atomic E-state index is 0.576. The van der Waals surface area contributed by atoms with Crippen molar-refractivity contribution < 1.29 is 4.74 Å². The molecule has 0 aliphatic carbocycles. The molecule has 1 aromatic carbocycles. The van der Waals surface area contributed by atoms with Gasteiger partial charge in [0, 0.05) is 43.0 Å². The predicted molar refractivity (Wildman–Crippen MR) is 115 cm³/mol. The molecule has 2 heterocycles. The maximum absolute atomic E-state index is 6.06. The van der Waals surface area contributed by atoms with Crippen LogP contribution in [0.5, 0.6) is 0 Å². The first-order chi connectivity index (χ1) is 13.8. The van der Waals surface area contributed by atoms with Crippen molar-refractivity contribution in [1.29, 1.82) is 0 Å². The Labute approximate surface area is 172 Å². The third kappa shape index (κ3) is 6.11.